The highest BCUT2D eigenvalue weighted by molar-refractivity contribution is 5.94. The minimum atomic E-state index is -0.0795. The highest BCUT2D eigenvalue weighted by atomic mass is 16.5. The van der Waals surface area contributed by atoms with Crippen LogP contribution in [0.4, 0.5) is 0 Å². The van der Waals surface area contributed by atoms with E-state index in [1.54, 1.807) is 13.3 Å². The molecular formula is C25H28N4O2. The zero-order chi connectivity index (χ0) is 21.8. The van der Waals surface area contributed by atoms with Crippen LogP contribution in [0.3, 0.4) is 0 Å². The van der Waals surface area contributed by atoms with Crippen LogP contribution in [0.25, 0.3) is 11.1 Å². The predicted molar refractivity (Wildman–Crippen MR) is 120 cm³/mol. The summed E-state index contributed by atoms with van der Waals surface area (Å²) in [5.74, 6) is 0.759. The normalized spacial score (nSPS) is 16.4. The highest BCUT2D eigenvalue weighted by Crippen LogP contribution is 2.37. The molecule has 160 valence electrons. The first-order chi connectivity index (χ1) is 15.1. The summed E-state index contributed by atoms with van der Waals surface area (Å²) in [6, 6.07) is 9.61. The summed E-state index contributed by atoms with van der Waals surface area (Å²) in [6.45, 7) is 5.20. The van der Waals surface area contributed by atoms with Crippen LogP contribution in [0, 0.1) is 13.8 Å². The molecular weight excluding hydrogens is 388 g/mol. The zero-order valence-electron chi connectivity index (χ0n) is 18.3. The van der Waals surface area contributed by atoms with Gasteiger partial charge in [-0.3, -0.25) is 9.78 Å². The first kappa shape index (κ1) is 21.1. The van der Waals surface area contributed by atoms with E-state index in [9.17, 15) is 4.79 Å². The molecule has 2 aromatic heterocycles. The van der Waals surface area contributed by atoms with Crippen LogP contribution in [0.1, 0.15) is 58.3 Å². The number of benzene rings is 1. The van der Waals surface area contributed by atoms with Gasteiger partial charge >= 0.3 is 0 Å². The van der Waals surface area contributed by atoms with Gasteiger partial charge in [0.25, 0.3) is 5.91 Å². The van der Waals surface area contributed by atoms with Crippen LogP contribution in [0.2, 0.25) is 0 Å². The van der Waals surface area contributed by atoms with Crippen molar-refractivity contribution in [1.29, 1.82) is 0 Å². The molecule has 0 spiro atoms. The van der Waals surface area contributed by atoms with E-state index in [1.165, 1.54) is 0 Å². The third kappa shape index (κ3) is 4.49. The second-order valence-electron chi connectivity index (χ2n) is 8.05. The number of aryl methyl sites for hydroxylation is 2. The Morgan fingerprint density at radius 3 is 2.65 bits per heavy atom. The maximum atomic E-state index is 13.5. The minimum Gasteiger partial charge on any atom is -0.380 e. The van der Waals surface area contributed by atoms with Crippen molar-refractivity contribution in [2.24, 2.45) is 0 Å². The molecule has 1 amide bonds. The number of likely N-dealkylation sites (tertiary alicyclic amines) is 1. The van der Waals surface area contributed by atoms with Gasteiger partial charge in [0.15, 0.2) is 0 Å². The van der Waals surface area contributed by atoms with Gasteiger partial charge in [0.1, 0.15) is 5.82 Å². The van der Waals surface area contributed by atoms with Crippen LogP contribution < -0.4 is 0 Å². The maximum Gasteiger partial charge on any atom is 0.254 e. The molecule has 3 heterocycles. The third-order valence-electron chi connectivity index (χ3n) is 5.84. The molecule has 1 unspecified atom stereocenters. The van der Waals surface area contributed by atoms with Crippen molar-refractivity contribution < 1.29 is 9.53 Å². The quantitative estimate of drug-likeness (QED) is 0.605. The summed E-state index contributed by atoms with van der Waals surface area (Å²) in [5, 5.41) is 0. The van der Waals surface area contributed by atoms with Gasteiger partial charge in [-0.05, 0) is 68.0 Å². The van der Waals surface area contributed by atoms with Gasteiger partial charge in [0, 0.05) is 43.4 Å². The largest absolute Gasteiger partial charge is 0.380 e. The number of carbonyl (C=O) groups excluding carboxylic acids is 1. The number of methoxy groups -OCH3 is 1. The monoisotopic (exact) mass is 416 g/mol. The van der Waals surface area contributed by atoms with E-state index in [4.69, 9.17) is 9.72 Å². The number of piperidine rings is 1. The van der Waals surface area contributed by atoms with E-state index in [0.29, 0.717) is 18.0 Å². The molecule has 6 heteroatoms. The number of aromatic nitrogens is 3. The summed E-state index contributed by atoms with van der Waals surface area (Å²) < 4.78 is 5.18. The third-order valence-corrected chi connectivity index (χ3v) is 5.84. The van der Waals surface area contributed by atoms with Crippen molar-refractivity contribution in [3.8, 4) is 11.1 Å². The van der Waals surface area contributed by atoms with Crippen molar-refractivity contribution >= 4 is 5.91 Å². The first-order valence-electron chi connectivity index (χ1n) is 10.7. The fourth-order valence-corrected chi connectivity index (χ4v) is 4.26. The SMILES string of the molecule is COCc1ccc(C(=O)N2CCCCC2c2nc(C)ncc2-c2ccncc2C)cc1. The van der Waals surface area contributed by atoms with E-state index >= 15 is 0 Å². The second-order valence-corrected chi connectivity index (χ2v) is 8.05. The lowest BCUT2D eigenvalue weighted by molar-refractivity contribution is 0.0606. The Balaban J connectivity index is 1.72. The Morgan fingerprint density at radius 2 is 1.90 bits per heavy atom. The maximum absolute atomic E-state index is 13.5. The number of pyridine rings is 1. The summed E-state index contributed by atoms with van der Waals surface area (Å²) in [4.78, 5) is 29.0. The molecule has 31 heavy (non-hydrogen) atoms. The average Bonchev–Trinajstić information content (AvgIpc) is 2.80. The lowest BCUT2D eigenvalue weighted by atomic mass is 9.92. The van der Waals surface area contributed by atoms with Crippen molar-refractivity contribution in [3.63, 3.8) is 0 Å². The molecule has 0 bridgehead atoms. The van der Waals surface area contributed by atoms with Crippen LogP contribution in [0.5, 0.6) is 0 Å². The van der Waals surface area contributed by atoms with Gasteiger partial charge in [-0.2, -0.15) is 0 Å². The fraction of sp³-hybridized carbons (Fsp3) is 0.360. The van der Waals surface area contributed by atoms with Crippen LogP contribution in [-0.2, 0) is 11.3 Å². The number of nitrogens with zero attached hydrogens (tertiary/aromatic N) is 4. The molecule has 1 fully saturated rings. The topological polar surface area (TPSA) is 68.2 Å². The Hall–Kier alpha value is -3.12. The van der Waals surface area contributed by atoms with E-state index in [1.807, 2.05) is 61.5 Å². The van der Waals surface area contributed by atoms with Gasteiger partial charge < -0.3 is 9.64 Å². The summed E-state index contributed by atoms with van der Waals surface area (Å²) >= 11 is 0. The molecule has 1 aliphatic heterocycles. The number of hydrogen-bond acceptors (Lipinski definition) is 5. The fourth-order valence-electron chi connectivity index (χ4n) is 4.26. The molecule has 1 aliphatic rings. The molecule has 4 rings (SSSR count). The van der Waals surface area contributed by atoms with E-state index in [2.05, 4.69) is 9.97 Å². The Labute approximate surface area is 183 Å². The van der Waals surface area contributed by atoms with Crippen molar-refractivity contribution in [2.45, 2.75) is 45.8 Å². The summed E-state index contributed by atoms with van der Waals surface area (Å²) in [7, 11) is 1.67. The second kappa shape index (κ2) is 9.35. The molecule has 1 aromatic carbocycles. The number of amides is 1. The zero-order valence-corrected chi connectivity index (χ0v) is 18.3. The smallest absolute Gasteiger partial charge is 0.254 e. The molecule has 0 N–H and O–H groups in total. The van der Waals surface area contributed by atoms with Crippen molar-refractivity contribution in [1.82, 2.24) is 19.9 Å². The number of ether oxygens (including phenoxy) is 1. The van der Waals surface area contributed by atoms with Gasteiger partial charge in [0.05, 0.1) is 18.3 Å². The lowest BCUT2D eigenvalue weighted by Crippen LogP contribution is -2.39. The molecule has 1 atom stereocenters. The first-order valence-corrected chi connectivity index (χ1v) is 10.7. The molecule has 0 radical (unpaired) electrons. The van der Waals surface area contributed by atoms with Crippen molar-refractivity contribution in [2.75, 3.05) is 13.7 Å². The molecule has 0 aliphatic carbocycles. The Kier molecular flexibility index (Phi) is 6.37. The van der Waals surface area contributed by atoms with Gasteiger partial charge in [-0.15, -0.1) is 0 Å². The summed E-state index contributed by atoms with van der Waals surface area (Å²) in [5.41, 5.74) is 5.78. The van der Waals surface area contributed by atoms with Gasteiger partial charge in [-0.1, -0.05) is 12.1 Å². The number of rotatable bonds is 5. The van der Waals surface area contributed by atoms with Gasteiger partial charge in [-0.25, -0.2) is 9.97 Å². The molecule has 6 nitrogen and oxygen atoms in total. The van der Waals surface area contributed by atoms with E-state index < -0.39 is 0 Å². The van der Waals surface area contributed by atoms with Crippen LogP contribution >= 0.6 is 0 Å². The molecule has 3 aromatic rings. The highest BCUT2D eigenvalue weighted by Gasteiger charge is 2.32. The van der Waals surface area contributed by atoms with E-state index in [0.717, 1.165) is 53.8 Å². The Bertz CT molecular complexity index is 1070. The Morgan fingerprint density at radius 1 is 1.10 bits per heavy atom. The van der Waals surface area contributed by atoms with Gasteiger partial charge in [0.2, 0.25) is 0 Å². The van der Waals surface area contributed by atoms with E-state index in [-0.39, 0.29) is 11.9 Å². The number of hydrogen-bond donors (Lipinski definition) is 0. The number of carbonyl (C=O) groups is 1. The molecule has 0 saturated carbocycles. The van der Waals surface area contributed by atoms with Crippen LogP contribution in [-0.4, -0.2) is 39.4 Å². The minimum absolute atomic E-state index is 0.0438. The average molecular weight is 417 g/mol. The predicted octanol–water partition coefficient (Wildman–Crippen LogP) is 4.67. The lowest BCUT2D eigenvalue weighted by Gasteiger charge is -2.36. The van der Waals surface area contributed by atoms with Crippen LogP contribution in [0.15, 0.2) is 48.9 Å². The van der Waals surface area contributed by atoms with Crippen molar-refractivity contribution in [3.05, 3.63) is 77.1 Å². The molecule has 1 saturated heterocycles. The summed E-state index contributed by atoms with van der Waals surface area (Å²) in [6.07, 6.45) is 8.48. The standard InChI is InChI=1S/C25H28N4O2/c1-17-14-26-12-11-21(17)22-15-27-18(2)28-24(22)23-6-4-5-13-29(23)25(30)20-9-7-19(8-10-20)16-31-3/h7-12,14-15,23H,4-6,13,16H2,1-3H3.